The third kappa shape index (κ3) is 7.90. The number of likely N-dealkylation sites (N-methyl/N-ethyl adjacent to an activating group) is 1. The van der Waals surface area contributed by atoms with E-state index in [-0.39, 0.29) is 35.4 Å². The van der Waals surface area contributed by atoms with Crippen LogP contribution < -0.4 is 10.2 Å². The van der Waals surface area contributed by atoms with Gasteiger partial charge in [-0.2, -0.15) is 5.26 Å². The van der Waals surface area contributed by atoms with Crippen LogP contribution in [0.5, 0.6) is 0 Å². The number of carbonyl (C=O) groups is 4. The number of nitrogens with zero attached hydrogens (tertiary/aromatic N) is 4. The van der Waals surface area contributed by atoms with Crippen LogP contribution in [0.1, 0.15) is 65.5 Å². The van der Waals surface area contributed by atoms with E-state index in [4.69, 9.17) is 32.7 Å². The average molecular weight is 687 g/mol. The lowest BCUT2D eigenvalue weighted by Gasteiger charge is -2.34. The number of likely N-dealkylation sites (tertiary alicyclic amines) is 1. The molecule has 2 aliphatic heterocycles. The van der Waals surface area contributed by atoms with Crippen LogP contribution in [0, 0.1) is 11.3 Å². The van der Waals surface area contributed by atoms with Gasteiger partial charge in [0.25, 0.3) is 5.91 Å². The van der Waals surface area contributed by atoms with Gasteiger partial charge in [0, 0.05) is 36.1 Å². The summed E-state index contributed by atoms with van der Waals surface area (Å²) in [6, 6.07) is 11.7. The number of benzene rings is 2. The summed E-state index contributed by atoms with van der Waals surface area (Å²) in [5, 5.41) is 12.7. The lowest BCUT2D eigenvalue weighted by molar-refractivity contribution is -0.166. The van der Waals surface area contributed by atoms with Gasteiger partial charge in [-0.15, -0.1) is 0 Å². The zero-order chi connectivity index (χ0) is 35.1. The maximum atomic E-state index is 14.5. The summed E-state index contributed by atoms with van der Waals surface area (Å²) in [7, 11) is 1.55. The highest BCUT2D eigenvalue weighted by Gasteiger charge is 2.64. The third-order valence-electron chi connectivity index (χ3n) is 8.03. The van der Waals surface area contributed by atoms with Crippen molar-refractivity contribution in [1.29, 1.82) is 5.26 Å². The Hall–Kier alpha value is -3.69. The molecule has 2 aliphatic rings. The number of carbonyl (C=O) groups excluding carboxylic acids is 4. The molecule has 11 nitrogen and oxygen atoms in total. The number of nitriles is 1. The van der Waals surface area contributed by atoms with Crippen LogP contribution >= 0.6 is 23.2 Å². The van der Waals surface area contributed by atoms with Crippen molar-refractivity contribution in [3.8, 4) is 6.07 Å². The van der Waals surface area contributed by atoms with Gasteiger partial charge in [0.15, 0.2) is 6.04 Å². The van der Waals surface area contributed by atoms with Gasteiger partial charge in [-0.3, -0.25) is 14.5 Å². The van der Waals surface area contributed by atoms with Crippen molar-refractivity contribution in [1.82, 2.24) is 15.1 Å². The first-order valence-electron chi connectivity index (χ1n) is 15.3. The number of ether oxygens (including phenoxy) is 2. The summed E-state index contributed by atoms with van der Waals surface area (Å²) in [6.45, 7) is 12.5. The lowest BCUT2D eigenvalue weighted by atomic mass is 9.80. The first-order valence-corrected chi connectivity index (χ1v) is 16.0. The molecule has 0 aliphatic carbocycles. The molecule has 2 aromatic carbocycles. The Morgan fingerprint density at radius 1 is 1.04 bits per heavy atom. The molecule has 47 heavy (non-hydrogen) atoms. The first kappa shape index (κ1) is 36.2. The SMILES string of the molecule is C[C@@H](OC(C)(C)C)[C@H](NC(=O)CN1C[C@@H](c2ccc(C#N)cc2)[C@]2(C1)C(=O)N(c1cc(Cl)cc(Cl)c1)C(=O)N2C)C(=O)OC(C)(C)C. The minimum absolute atomic E-state index is 0.0160. The van der Waals surface area contributed by atoms with Crippen LogP contribution in [-0.2, 0) is 23.9 Å². The summed E-state index contributed by atoms with van der Waals surface area (Å²) in [6.07, 6.45) is -0.719. The molecule has 2 aromatic rings. The second-order valence-electron chi connectivity index (χ2n) is 14.0. The van der Waals surface area contributed by atoms with E-state index in [0.717, 1.165) is 4.90 Å². The minimum atomic E-state index is -1.41. The molecule has 0 aromatic heterocycles. The molecule has 2 saturated heterocycles. The van der Waals surface area contributed by atoms with Crippen LogP contribution in [0.2, 0.25) is 10.0 Å². The fourth-order valence-electron chi connectivity index (χ4n) is 6.19. The van der Waals surface area contributed by atoms with E-state index >= 15 is 0 Å². The molecule has 0 radical (unpaired) electrons. The summed E-state index contributed by atoms with van der Waals surface area (Å²) in [4.78, 5) is 59.3. The van der Waals surface area contributed by atoms with E-state index in [9.17, 15) is 24.4 Å². The monoisotopic (exact) mass is 685 g/mol. The molecule has 13 heteroatoms. The first-order chi connectivity index (χ1) is 21.8. The van der Waals surface area contributed by atoms with Gasteiger partial charge < -0.3 is 19.7 Å². The molecule has 4 atom stereocenters. The molecule has 0 bridgehead atoms. The van der Waals surface area contributed by atoms with Gasteiger partial charge in [0.2, 0.25) is 5.91 Å². The predicted octanol–water partition coefficient (Wildman–Crippen LogP) is 5.13. The number of nitrogens with one attached hydrogen (secondary N) is 1. The zero-order valence-electron chi connectivity index (χ0n) is 27.9. The van der Waals surface area contributed by atoms with Crippen LogP contribution in [0.25, 0.3) is 0 Å². The lowest BCUT2D eigenvalue weighted by Crippen LogP contribution is -2.55. The standard InChI is InChI=1S/C34H41Cl2N5O6/c1-20(46-32(2,3)4)28(29(43)47-33(5,6)7)38-27(42)18-40-17-26(22-11-9-21(16-37)10-12-22)34(19-40)30(44)41(31(45)39(34)8)25-14-23(35)13-24(36)15-25/h9-15,20,26,28H,17-19H2,1-8H3,(H,38,42)/t20-,26+,28+,34-/m1/s1. The Bertz CT molecular complexity index is 1580. The Balaban J connectivity index is 1.67. The molecule has 2 fully saturated rings. The maximum Gasteiger partial charge on any atom is 0.332 e. The highest BCUT2D eigenvalue weighted by molar-refractivity contribution is 6.35. The zero-order valence-corrected chi connectivity index (χ0v) is 29.4. The normalized spacial score (nSPS) is 21.6. The molecule has 252 valence electrons. The van der Waals surface area contributed by atoms with E-state index in [2.05, 4.69) is 11.4 Å². The number of anilines is 1. The van der Waals surface area contributed by atoms with Gasteiger partial charge in [-0.25, -0.2) is 14.5 Å². The number of amides is 4. The minimum Gasteiger partial charge on any atom is -0.458 e. The van der Waals surface area contributed by atoms with Crippen LogP contribution in [0.15, 0.2) is 42.5 Å². The van der Waals surface area contributed by atoms with Gasteiger partial charge in [-0.1, -0.05) is 35.3 Å². The third-order valence-corrected chi connectivity index (χ3v) is 8.47. The fourth-order valence-corrected chi connectivity index (χ4v) is 6.71. The summed E-state index contributed by atoms with van der Waals surface area (Å²) >= 11 is 12.5. The van der Waals surface area contributed by atoms with Crippen molar-refractivity contribution < 1.29 is 28.7 Å². The second kappa shape index (κ2) is 13.4. The molecule has 1 spiro atoms. The van der Waals surface area contributed by atoms with Gasteiger partial charge in [0.1, 0.15) is 11.1 Å². The second-order valence-corrected chi connectivity index (χ2v) is 14.9. The number of urea groups is 1. The average Bonchev–Trinajstić information content (AvgIpc) is 3.40. The largest absolute Gasteiger partial charge is 0.458 e. The van der Waals surface area contributed by atoms with Crippen molar-refractivity contribution in [2.24, 2.45) is 0 Å². The summed E-state index contributed by atoms with van der Waals surface area (Å²) < 4.78 is 11.6. The number of rotatable bonds is 8. The molecular weight excluding hydrogens is 645 g/mol. The van der Waals surface area contributed by atoms with E-state index in [0.29, 0.717) is 11.1 Å². The number of imide groups is 1. The Labute approximate surface area is 285 Å². The molecule has 2 heterocycles. The van der Waals surface area contributed by atoms with Crippen molar-refractivity contribution in [2.75, 3.05) is 31.6 Å². The maximum absolute atomic E-state index is 14.5. The van der Waals surface area contributed by atoms with Crippen molar-refractivity contribution >= 4 is 52.7 Å². The quantitative estimate of drug-likeness (QED) is 0.299. The van der Waals surface area contributed by atoms with Crippen molar-refractivity contribution in [3.05, 3.63) is 63.6 Å². The van der Waals surface area contributed by atoms with E-state index < -0.39 is 58.6 Å². The Kier molecular flexibility index (Phi) is 10.3. The number of hydrogen-bond acceptors (Lipinski definition) is 8. The van der Waals surface area contributed by atoms with Gasteiger partial charge >= 0.3 is 12.0 Å². The highest BCUT2D eigenvalue weighted by Crippen LogP contribution is 2.46. The van der Waals surface area contributed by atoms with E-state index in [1.165, 1.54) is 23.1 Å². The highest BCUT2D eigenvalue weighted by atomic mass is 35.5. The van der Waals surface area contributed by atoms with Crippen molar-refractivity contribution in [3.63, 3.8) is 0 Å². The van der Waals surface area contributed by atoms with Crippen molar-refractivity contribution in [2.45, 2.75) is 83.3 Å². The van der Waals surface area contributed by atoms with Gasteiger partial charge in [0.05, 0.1) is 35.6 Å². The van der Waals surface area contributed by atoms with E-state index in [1.807, 2.05) is 20.8 Å². The Morgan fingerprint density at radius 3 is 2.17 bits per heavy atom. The van der Waals surface area contributed by atoms with Gasteiger partial charge in [-0.05, 0) is 84.4 Å². The van der Waals surface area contributed by atoms with E-state index in [1.54, 1.807) is 63.9 Å². The molecule has 1 N–H and O–H groups in total. The molecule has 4 rings (SSSR count). The Morgan fingerprint density at radius 2 is 1.64 bits per heavy atom. The summed E-state index contributed by atoms with van der Waals surface area (Å²) in [5.41, 5.74) is -1.43. The number of hydrogen-bond donors (Lipinski definition) is 1. The summed E-state index contributed by atoms with van der Waals surface area (Å²) in [5.74, 6) is -2.20. The number of esters is 1. The topological polar surface area (TPSA) is 132 Å². The molecule has 0 saturated carbocycles. The van der Waals surface area contributed by atoms with Crippen LogP contribution in [0.3, 0.4) is 0 Å². The van der Waals surface area contributed by atoms with Crippen LogP contribution in [0.4, 0.5) is 10.5 Å². The molecular formula is C34H41Cl2N5O6. The smallest absolute Gasteiger partial charge is 0.332 e. The predicted molar refractivity (Wildman–Crippen MR) is 178 cm³/mol. The molecule has 4 amide bonds. The number of halogens is 2. The van der Waals surface area contributed by atoms with Crippen LogP contribution in [-0.4, -0.2) is 89.2 Å². The molecule has 0 unspecified atom stereocenters. The fraction of sp³-hybridized carbons (Fsp3) is 0.500.